The highest BCUT2D eigenvalue weighted by atomic mass is 32.2. The molecular weight excluding hydrogens is 492 g/mol. The third-order valence-corrected chi connectivity index (χ3v) is 7.15. The highest BCUT2D eigenvalue weighted by molar-refractivity contribution is 7.99. The van der Waals surface area contributed by atoms with E-state index in [1.807, 2.05) is 66.9 Å². The average Bonchev–Trinajstić information content (AvgIpc) is 3.32. The molecule has 0 bridgehead atoms. The number of thiazole rings is 1. The van der Waals surface area contributed by atoms with Crippen LogP contribution in [0.15, 0.2) is 65.0 Å². The molecule has 0 unspecified atom stereocenters. The van der Waals surface area contributed by atoms with Gasteiger partial charge in [-0.25, -0.2) is 9.97 Å². The van der Waals surface area contributed by atoms with Crippen LogP contribution in [0.4, 0.5) is 5.13 Å². The van der Waals surface area contributed by atoms with Gasteiger partial charge in [-0.1, -0.05) is 30.3 Å². The van der Waals surface area contributed by atoms with Crippen LogP contribution in [0.25, 0.3) is 22.4 Å². The molecule has 1 N–H and O–H groups in total. The summed E-state index contributed by atoms with van der Waals surface area (Å²) in [5.41, 5.74) is 4.34. The van der Waals surface area contributed by atoms with Gasteiger partial charge >= 0.3 is 0 Å². The number of nitriles is 1. The predicted molar refractivity (Wildman–Crippen MR) is 144 cm³/mol. The zero-order valence-electron chi connectivity index (χ0n) is 20.1. The van der Waals surface area contributed by atoms with Gasteiger partial charge in [-0.15, -0.1) is 23.1 Å². The number of aromatic nitrogens is 2. The molecule has 0 aliphatic rings. The fourth-order valence-corrected chi connectivity index (χ4v) is 5.21. The van der Waals surface area contributed by atoms with E-state index in [4.69, 9.17) is 14.5 Å². The summed E-state index contributed by atoms with van der Waals surface area (Å²) in [6.45, 7) is 1.88. The van der Waals surface area contributed by atoms with E-state index >= 15 is 0 Å². The lowest BCUT2D eigenvalue weighted by atomic mass is 9.98. The van der Waals surface area contributed by atoms with Crippen molar-refractivity contribution in [2.75, 3.05) is 25.3 Å². The van der Waals surface area contributed by atoms with Crippen molar-refractivity contribution < 1.29 is 14.3 Å². The van der Waals surface area contributed by atoms with Crippen molar-refractivity contribution in [3.8, 4) is 40.0 Å². The number of hydrogen-bond donors (Lipinski definition) is 1. The van der Waals surface area contributed by atoms with Gasteiger partial charge in [-0.3, -0.25) is 4.79 Å². The molecule has 4 rings (SSSR count). The van der Waals surface area contributed by atoms with Crippen molar-refractivity contribution in [2.24, 2.45) is 0 Å². The molecule has 36 heavy (non-hydrogen) atoms. The molecule has 1 amide bonds. The fraction of sp³-hybridized carbons (Fsp3) is 0.185. The van der Waals surface area contributed by atoms with Gasteiger partial charge in [-0.2, -0.15) is 5.26 Å². The van der Waals surface area contributed by atoms with Gasteiger partial charge in [0.05, 0.1) is 31.2 Å². The van der Waals surface area contributed by atoms with Gasteiger partial charge in [0.15, 0.2) is 5.13 Å². The molecule has 2 heterocycles. The number of nitrogens with one attached hydrogen (secondary N) is 1. The molecule has 4 aromatic rings. The standard InChI is InChI=1S/C27H24N4O3S2/c1-17-16-36-27(29-17)31-25(32)11-12-35-26-22(15-28)20(14-23(30-26)18-7-5-4-6-8-18)21-13-19(33-2)9-10-24(21)34-3/h4-10,13-14,16H,11-12H2,1-3H3,(H,29,31,32). The normalized spacial score (nSPS) is 10.5. The van der Waals surface area contributed by atoms with Crippen LogP contribution < -0.4 is 14.8 Å². The molecule has 182 valence electrons. The van der Waals surface area contributed by atoms with Crippen molar-refractivity contribution >= 4 is 34.1 Å². The van der Waals surface area contributed by atoms with E-state index in [-0.39, 0.29) is 12.3 Å². The number of hydrogen-bond acceptors (Lipinski definition) is 8. The number of carbonyl (C=O) groups excluding carboxylic acids is 1. The van der Waals surface area contributed by atoms with Crippen LogP contribution in [-0.2, 0) is 4.79 Å². The number of pyridine rings is 1. The predicted octanol–water partition coefficient (Wildman–Crippen LogP) is 6.19. The lowest BCUT2D eigenvalue weighted by Crippen LogP contribution is -2.12. The Morgan fingerprint density at radius 2 is 1.89 bits per heavy atom. The first-order valence-electron chi connectivity index (χ1n) is 11.1. The SMILES string of the molecule is COc1ccc(OC)c(-c2cc(-c3ccccc3)nc(SCCC(=O)Nc3nc(C)cs3)c2C#N)c1. The molecular formula is C27H24N4O3S2. The zero-order chi connectivity index (χ0) is 25.5. The first-order chi connectivity index (χ1) is 17.5. The van der Waals surface area contributed by atoms with Crippen LogP contribution in [-0.4, -0.2) is 35.8 Å². The summed E-state index contributed by atoms with van der Waals surface area (Å²) < 4.78 is 11.0. The number of anilines is 1. The Morgan fingerprint density at radius 1 is 1.08 bits per heavy atom. The van der Waals surface area contributed by atoms with E-state index in [0.717, 1.165) is 22.5 Å². The van der Waals surface area contributed by atoms with Gasteiger partial charge in [-0.05, 0) is 31.2 Å². The number of methoxy groups -OCH3 is 2. The zero-order valence-corrected chi connectivity index (χ0v) is 21.7. The molecule has 0 saturated heterocycles. The lowest BCUT2D eigenvalue weighted by Gasteiger charge is -2.15. The maximum atomic E-state index is 12.4. The molecule has 0 atom stereocenters. The molecule has 2 aromatic heterocycles. The van der Waals surface area contributed by atoms with Crippen LogP contribution in [0.5, 0.6) is 11.5 Å². The summed E-state index contributed by atoms with van der Waals surface area (Å²) in [5, 5.41) is 16.0. The Balaban J connectivity index is 1.69. The summed E-state index contributed by atoms with van der Waals surface area (Å²) in [4.78, 5) is 21.5. The molecule has 0 aliphatic carbocycles. The maximum Gasteiger partial charge on any atom is 0.226 e. The van der Waals surface area contributed by atoms with Crippen LogP contribution >= 0.6 is 23.1 Å². The number of carbonyl (C=O) groups is 1. The van der Waals surface area contributed by atoms with Crippen LogP contribution in [0.2, 0.25) is 0 Å². The van der Waals surface area contributed by atoms with Crippen molar-refractivity contribution in [1.29, 1.82) is 5.26 Å². The summed E-state index contributed by atoms with van der Waals surface area (Å²) in [5.74, 6) is 1.58. The molecule has 0 radical (unpaired) electrons. The monoisotopic (exact) mass is 516 g/mol. The topological polar surface area (TPSA) is 97.1 Å². The number of nitrogens with zero attached hydrogens (tertiary/aromatic N) is 3. The van der Waals surface area contributed by atoms with Crippen LogP contribution in [0, 0.1) is 18.3 Å². The van der Waals surface area contributed by atoms with Crippen LogP contribution in [0.1, 0.15) is 17.7 Å². The Kier molecular flexibility index (Phi) is 8.21. The van der Waals surface area contributed by atoms with E-state index in [9.17, 15) is 10.1 Å². The third kappa shape index (κ3) is 5.85. The minimum atomic E-state index is -0.135. The molecule has 0 fully saturated rings. The number of ether oxygens (including phenoxy) is 2. The molecule has 0 saturated carbocycles. The van der Waals surface area contributed by atoms with E-state index in [1.165, 1.54) is 23.1 Å². The molecule has 9 heteroatoms. The Bertz CT molecular complexity index is 1410. The highest BCUT2D eigenvalue weighted by Gasteiger charge is 2.19. The molecule has 7 nitrogen and oxygen atoms in total. The smallest absolute Gasteiger partial charge is 0.226 e. The largest absolute Gasteiger partial charge is 0.497 e. The number of benzene rings is 2. The summed E-state index contributed by atoms with van der Waals surface area (Å²) >= 11 is 2.77. The minimum Gasteiger partial charge on any atom is -0.497 e. The summed E-state index contributed by atoms with van der Waals surface area (Å²) in [7, 11) is 3.19. The average molecular weight is 517 g/mol. The van der Waals surface area contributed by atoms with E-state index in [1.54, 1.807) is 14.2 Å². The van der Waals surface area contributed by atoms with Crippen molar-refractivity contribution in [2.45, 2.75) is 18.4 Å². The minimum absolute atomic E-state index is 0.135. The van der Waals surface area contributed by atoms with Gasteiger partial charge < -0.3 is 14.8 Å². The number of rotatable bonds is 9. The summed E-state index contributed by atoms with van der Waals surface area (Å²) in [6, 6.07) is 19.5. The van der Waals surface area contributed by atoms with Gasteiger partial charge in [0.1, 0.15) is 22.6 Å². The Morgan fingerprint density at radius 3 is 2.56 bits per heavy atom. The first kappa shape index (κ1) is 25.2. The molecule has 2 aromatic carbocycles. The summed E-state index contributed by atoms with van der Waals surface area (Å²) in [6.07, 6.45) is 0.253. The molecule has 0 spiro atoms. The number of thioether (sulfide) groups is 1. The van der Waals surface area contributed by atoms with Crippen LogP contribution in [0.3, 0.4) is 0 Å². The quantitative estimate of drug-likeness (QED) is 0.265. The van der Waals surface area contributed by atoms with Gasteiger partial charge in [0, 0.05) is 34.2 Å². The van der Waals surface area contributed by atoms with Crippen molar-refractivity contribution in [3.63, 3.8) is 0 Å². The first-order valence-corrected chi connectivity index (χ1v) is 13.0. The van der Waals surface area contributed by atoms with E-state index < -0.39 is 0 Å². The maximum absolute atomic E-state index is 12.4. The lowest BCUT2D eigenvalue weighted by molar-refractivity contribution is -0.115. The van der Waals surface area contributed by atoms with Gasteiger partial charge in [0.25, 0.3) is 0 Å². The Labute approximate surface area is 218 Å². The third-order valence-electron chi connectivity index (χ3n) is 5.30. The van der Waals surface area contributed by atoms with Gasteiger partial charge in [0.2, 0.25) is 5.91 Å². The second-order valence-corrected chi connectivity index (χ2v) is 9.66. The Hall–Kier alpha value is -3.87. The second kappa shape index (κ2) is 11.7. The number of aryl methyl sites for hydroxylation is 1. The van der Waals surface area contributed by atoms with Crippen molar-refractivity contribution in [1.82, 2.24) is 9.97 Å². The van der Waals surface area contributed by atoms with E-state index in [2.05, 4.69) is 16.4 Å². The highest BCUT2D eigenvalue weighted by Crippen LogP contribution is 2.40. The molecule has 0 aliphatic heterocycles. The number of amides is 1. The fourth-order valence-electron chi connectivity index (χ4n) is 3.56. The van der Waals surface area contributed by atoms with Crippen molar-refractivity contribution in [3.05, 3.63) is 71.2 Å². The second-order valence-electron chi connectivity index (χ2n) is 7.72. The van der Waals surface area contributed by atoms with E-state index in [0.29, 0.717) is 38.5 Å².